The molecule has 0 aliphatic heterocycles. The van der Waals surface area contributed by atoms with Crippen LogP contribution in [0.25, 0.3) is 0 Å². The number of nitrogens with zero attached hydrogens (tertiary/aromatic N) is 2. The van der Waals surface area contributed by atoms with E-state index in [1.807, 2.05) is 6.92 Å². The van der Waals surface area contributed by atoms with Crippen LogP contribution in [0.15, 0.2) is 18.7 Å². The van der Waals surface area contributed by atoms with E-state index in [1.165, 1.54) is 18.7 Å². The van der Waals surface area contributed by atoms with Gasteiger partial charge in [0.25, 0.3) is 5.91 Å². The van der Waals surface area contributed by atoms with Crippen LogP contribution in [0.4, 0.5) is 0 Å². The fraction of sp³-hybridized carbons (Fsp3) is 0.739. The number of carbonyl (C=O) groups is 2. The second-order valence-corrected chi connectivity index (χ2v) is 9.55. The number of carbonyl (C=O) groups excluding carboxylic acids is 2. The smallest absolute Gasteiger partial charge is 0.254 e. The Balaban J connectivity index is 1.70. The third kappa shape index (κ3) is 5.06. The first-order chi connectivity index (χ1) is 14.8. The zero-order valence-corrected chi connectivity index (χ0v) is 19.0. The van der Waals surface area contributed by atoms with Crippen molar-refractivity contribution in [2.45, 2.75) is 58.6 Å². The van der Waals surface area contributed by atoms with Crippen molar-refractivity contribution >= 4 is 11.8 Å². The Morgan fingerprint density at radius 3 is 2.65 bits per heavy atom. The van der Waals surface area contributed by atoms with Crippen LogP contribution in [0.2, 0.25) is 0 Å². The Bertz CT molecular complexity index is 761. The van der Waals surface area contributed by atoms with E-state index in [2.05, 4.69) is 34.4 Å². The Labute approximate surface area is 184 Å². The van der Waals surface area contributed by atoms with Crippen LogP contribution >= 0.6 is 0 Å². The summed E-state index contributed by atoms with van der Waals surface area (Å²) in [7, 11) is 1.60. The van der Waals surface area contributed by atoms with Crippen LogP contribution in [0.5, 0.6) is 0 Å². The molecule has 0 radical (unpaired) electrons. The molecule has 2 fully saturated rings. The predicted molar refractivity (Wildman–Crippen MR) is 116 cm³/mol. The average molecular weight is 433 g/mol. The summed E-state index contributed by atoms with van der Waals surface area (Å²) in [5, 5.41) is 17.5. The summed E-state index contributed by atoms with van der Waals surface area (Å²) in [5.41, 5.74) is 0.449. The Morgan fingerprint density at radius 2 is 1.97 bits per heavy atom. The highest BCUT2D eigenvalue weighted by atomic mass is 16.5. The largest absolute Gasteiger partial charge is 0.392 e. The molecule has 8 heteroatoms. The fourth-order valence-electron chi connectivity index (χ4n) is 5.80. The van der Waals surface area contributed by atoms with Gasteiger partial charge < -0.3 is 20.5 Å². The summed E-state index contributed by atoms with van der Waals surface area (Å²) >= 11 is 0. The number of amides is 2. The molecule has 0 unspecified atom stereocenters. The van der Waals surface area contributed by atoms with Gasteiger partial charge in [0.15, 0.2) is 0 Å². The molecule has 7 atom stereocenters. The van der Waals surface area contributed by atoms with Crippen molar-refractivity contribution in [1.82, 2.24) is 20.6 Å². The molecule has 0 bridgehead atoms. The van der Waals surface area contributed by atoms with E-state index in [0.29, 0.717) is 18.7 Å². The first-order valence-electron chi connectivity index (χ1n) is 11.3. The Morgan fingerprint density at radius 1 is 1.29 bits per heavy atom. The zero-order chi connectivity index (χ0) is 22.6. The number of rotatable bonds is 7. The topological polar surface area (TPSA) is 113 Å². The standard InChI is InChI=1S/C23H36N4O4/c1-14(21(29)26-9-10-31-4)17-5-7-23(3)8-6-18(15(2)19(23)20(17)28)27-22(30)16-11-24-13-25-12-16/h11-15,17-20,28H,5-10H2,1-4H3,(H,26,29)(H,27,30)/t14-,15+,17+,18-,19+,20-,23-/m0/s1. The molecule has 8 nitrogen and oxygen atoms in total. The minimum atomic E-state index is -0.586. The van der Waals surface area contributed by atoms with E-state index in [4.69, 9.17) is 4.74 Å². The minimum absolute atomic E-state index is 0.0126. The van der Waals surface area contributed by atoms with Gasteiger partial charge in [-0.15, -0.1) is 0 Å². The molecule has 0 aromatic carbocycles. The molecule has 0 spiro atoms. The molecule has 3 N–H and O–H groups in total. The van der Waals surface area contributed by atoms with Gasteiger partial charge in [0.1, 0.15) is 6.33 Å². The Kier molecular flexibility index (Phi) is 7.64. The van der Waals surface area contributed by atoms with E-state index >= 15 is 0 Å². The van der Waals surface area contributed by atoms with Crippen LogP contribution in [-0.2, 0) is 9.53 Å². The molecule has 31 heavy (non-hydrogen) atoms. The van der Waals surface area contributed by atoms with Gasteiger partial charge in [-0.1, -0.05) is 20.8 Å². The SMILES string of the molecule is COCCNC(=O)[C@@H](C)[C@H]1CC[C@@]2(C)CC[C@H](NC(=O)c3cncnc3)[C@@H](C)[C@@H]2[C@H]1O. The highest BCUT2D eigenvalue weighted by molar-refractivity contribution is 5.93. The zero-order valence-electron chi connectivity index (χ0n) is 19.0. The number of fused-ring (bicyclic) bond motifs is 1. The van der Waals surface area contributed by atoms with Gasteiger partial charge in [-0.25, -0.2) is 9.97 Å². The molecule has 1 aromatic rings. The molecule has 2 amide bonds. The number of aromatic nitrogens is 2. The van der Waals surface area contributed by atoms with Crippen LogP contribution in [0.1, 0.15) is 56.8 Å². The van der Waals surface area contributed by atoms with Crippen molar-refractivity contribution in [3.63, 3.8) is 0 Å². The highest BCUT2D eigenvalue weighted by Gasteiger charge is 2.53. The third-order valence-corrected chi connectivity index (χ3v) is 7.69. The van der Waals surface area contributed by atoms with Crippen LogP contribution < -0.4 is 10.6 Å². The summed E-state index contributed by atoms with van der Waals surface area (Å²) in [6.45, 7) is 7.21. The molecule has 2 saturated carbocycles. The van der Waals surface area contributed by atoms with Crippen molar-refractivity contribution in [3.8, 4) is 0 Å². The van der Waals surface area contributed by atoms with E-state index in [0.717, 1.165) is 25.7 Å². The van der Waals surface area contributed by atoms with Gasteiger partial charge in [0.05, 0.1) is 18.3 Å². The van der Waals surface area contributed by atoms with Gasteiger partial charge in [0.2, 0.25) is 5.91 Å². The number of hydrogen-bond acceptors (Lipinski definition) is 6. The summed E-state index contributed by atoms with van der Waals surface area (Å²) in [5.74, 6) is -0.489. The molecule has 2 aliphatic rings. The summed E-state index contributed by atoms with van der Waals surface area (Å²) < 4.78 is 5.01. The van der Waals surface area contributed by atoms with Crippen molar-refractivity contribution in [1.29, 1.82) is 0 Å². The third-order valence-electron chi connectivity index (χ3n) is 7.69. The van der Waals surface area contributed by atoms with Crippen molar-refractivity contribution in [2.24, 2.45) is 29.1 Å². The van der Waals surface area contributed by atoms with Gasteiger partial charge in [0, 0.05) is 38.0 Å². The van der Waals surface area contributed by atoms with E-state index in [9.17, 15) is 14.7 Å². The number of hydrogen-bond donors (Lipinski definition) is 3. The highest BCUT2D eigenvalue weighted by Crippen LogP contribution is 2.55. The van der Waals surface area contributed by atoms with Gasteiger partial charge in [-0.2, -0.15) is 0 Å². The monoisotopic (exact) mass is 432 g/mol. The van der Waals surface area contributed by atoms with Crippen molar-refractivity contribution in [3.05, 3.63) is 24.3 Å². The molecule has 172 valence electrons. The maximum Gasteiger partial charge on any atom is 0.254 e. The van der Waals surface area contributed by atoms with Crippen LogP contribution in [-0.4, -0.2) is 59.3 Å². The maximum absolute atomic E-state index is 12.7. The lowest BCUT2D eigenvalue weighted by atomic mass is 9.51. The second kappa shape index (κ2) is 10.0. The number of methoxy groups -OCH3 is 1. The lowest BCUT2D eigenvalue weighted by molar-refractivity contribution is -0.142. The van der Waals surface area contributed by atoms with E-state index in [-0.39, 0.29) is 46.9 Å². The van der Waals surface area contributed by atoms with Crippen molar-refractivity contribution < 1.29 is 19.4 Å². The summed E-state index contributed by atoms with van der Waals surface area (Å²) in [6.07, 6.45) is 7.46. The van der Waals surface area contributed by atoms with Crippen LogP contribution in [0.3, 0.4) is 0 Å². The molecular weight excluding hydrogens is 396 g/mol. The fourth-order valence-corrected chi connectivity index (χ4v) is 5.80. The first kappa shape index (κ1) is 23.6. The first-order valence-corrected chi connectivity index (χ1v) is 11.3. The number of nitrogens with one attached hydrogen (secondary N) is 2. The number of aliphatic hydroxyl groups is 1. The summed E-state index contributed by atoms with van der Waals surface area (Å²) in [6, 6.07) is -0.0370. The molecule has 3 rings (SSSR count). The molecule has 2 aliphatic carbocycles. The quantitative estimate of drug-likeness (QED) is 0.566. The van der Waals surface area contributed by atoms with E-state index in [1.54, 1.807) is 7.11 Å². The van der Waals surface area contributed by atoms with Crippen molar-refractivity contribution in [2.75, 3.05) is 20.3 Å². The van der Waals surface area contributed by atoms with Gasteiger partial charge >= 0.3 is 0 Å². The minimum Gasteiger partial charge on any atom is -0.392 e. The second-order valence-electron chi connectivity index (χ2n) is 9.55. The molecule has 1 heterocycles. The van der Waals surface area contributed by atoms with E-state index < -0.39 is 6.10 Å². The number of ether oxygens (including phenoxy) is 1. The van der Waals surface area contributed by atoms with Crippen LogP contribution in [0, 0.1) is 29.1 Å². The van der Waals surface area contributed by atoms with Gasteiger partial charge in [-0.3, -0.25) is 9.59 Å². The molecule has 0 saturated heterocycles. The summed E-state index contributed by atoms with van der Waals surface area (Å²) in [4.78, 5) is 33.1. The lowest BCUT2D eigenvalue weighted by Gasteiger charge is -2.56. The molecular formula is C23H36N4O4. The lowest BCUT2D eigenvalue weighted by Crippen LogP contribution is -2.58. The van der Waals surface area contributed by atoms with Gasteiger partial charge in [-0.05, 0) is 48.9 Å². The number of aliphatic hydroxyl groups excluding tert-OH is 1. The maximum atomic E-state index is 12.7. The Hall–Kier alpha value is -2.06. The molecule has 1 aromatic heterocycles. The predicted octanol–water partition coefficient (Wildman–Crippen LogP) is 1.80. The average Bonchev–Trinajstić information content (AvgIpc) is 2.76. The normalized spacial score (nSPS) is 33.8.